The van der Waals surface area contributed by atoms with Gasteiger partial charge >= 0.3 is 6.09 Å². The van der Waals surface area contributed by atoms with Crippen LogP contribution in [0.1, 0.15) is 26.5 Å². The molecule has 0 aliphatic carbocycles. The zero-order chi connectivity index (χ0) is 16.3. The van der Waals surface area contributed by atoms with Crippen molar-refractivity contribution in [3.8, 4) is 0 Å². The van der Waals surface area contributed by atoms with Gasteiger partial charge in [-0.15, -0.1) is 6.58 Å². The summed E-state index contributed by atoms with van der Waals surface area (Å²) in [4.78, 5) is 14.0. The number of hydrogen-bond donors (Lipinski definition) is 0. The van der Waals surface area contributed by atoms with Gasteiger partial charge in [-0.1, -0.05) is 24.3 Å². The Morgan fingerprint density at radius 3 is 2.64 bits per heavy atom. The van der Waals surface area contributed by atoms with Gasteiger partial charge in [-0.25, -0.2) is 4.79 Å². The number of fused-ring (bicyclic) bond motifs is 1. The number of carbonyl (C=O) groups is 1. The highest BCUT2D eigenvalue weighted by Crippen LogP contribution is 2.20. The minimum atomic E-state index is -0.505. The van der Waals surface area contributed by atoms with Crippen LogP contribution in [0.25, 0.3) is 10.9 Å². The van der Waals surface area contributed by atoms with Crippen molar-refractivity contribution in [1.82, 2.24) is 9.47 Å². The number of aryl methyl sites for hydroxylation is 1. The minimum absolute atomic E-state index is 0.322. The molecule has 1 aromatic carbocycles. The number of carbonyl (C=O) groups excluding carboxylic acids is 1. The Bertz CT molecular complexity index is 680. The third-order valence-corrected chi connectivity index (χ3v) is 3.41. The lowest BCUT2D eigenvalue weighted by atomic mass is 10.2. The fourth-order valence-electron chi connectivity index (χ4n) is 2.38. The molecular formula is C18H24N2O2. The van der Waals surface area contributed by atoms with Gasteiger partial charge in [0, 0.05) is 24.8 Å². The van der Waals surface area contributed by atoms with Crippen molar-refractivity contribution in [1.29, 1.82) is 0 Å². The normalized spacial score (nSPS) is 11.5. The van der Waals surface area contributed by atoms with E-state index in [-0.39, 0.29) is 6.09 Å². The van der Waals surface area contributed by atoms with Crippen LogP contribution in [0.5, 0.6) is 0 Å². The first kappa shape index (κ1) is 16.1. The van der Waals surface area contributed by atoms with Crippen LogP contribution in [0.15, 0.2) is 43.0 Å². The number of para-hydroxylation sites is 1. The summed E-state index contributed by atoms with van der Waals surface area (Å²) in [6.07, 6.45) is 1.39. The number of benzene rings is 1. The second kappa shape index (κ2) is 6.26. The zero-order valence-corrected chi connectivity index (χ0v) is 13.8. The number of ether oxygens (including phenoxy) is 1. The van der Waals surface area contributed by atoms with Crippen LogP contribution in [-0.4, -0.2) is 27.7 Å². The van der Waals surface area contributed by atoms with Gasteiger partial charge < -0.3 is 9.30 Å². The summed E-state index contributed by atoms with van der Waals surface area (Å²) in [7, 11) is 2.01. The predicted octanol–water partition coefficient (Wildman–Crippen LogP) is 4.10. The van der Waals surface area contributed by atoms with E-state index in [9.17, 15) is 4.79 Å². The van der Waals surface area contributed by atoms with Gasteiger partial charge in [-0.05, 0) is 38.3 Å². The molecule has 0 atom stereocenters. The molecule has 2 aromatic rings. The van der Waals surface area contributed by atoms with Crippen molar-refractivity contribution in [2.75, 3.05) is 6.54 Å². The van der Waals surface area contributed by atoms with Crippen LogP contribution in [0.2, 0.25) is 0 Å². The van der Waals surface area contributed by atoms with E-state index in [4.69, 9.17) is 4.74 Å². The Balaban J connectivity index is 2.24. The second-order valence-electron chi connectivity index (χ2n) is 6.40. The second-order valence-corrected chi connectivity index (χ2v) is 6.40. The van der Waals surface area contributed by atoms with Gasteiger partial charge in [0.1, 0.15) is 5.60 Å². The molecule has 2 rings (SSSR count). The van der Waals surface area contributed by atoms with Gasteiger partial charge in [0.25, 0.3) is 0 Å². The van der Waals surface area contributed by atoms with Crippen molar-refractivity contribution in [2.45, 2.75) is 32.9 Å². The monoisotopic (exact) mass is 300 g/mol. The maximum absolute atomic E-state index is 12.3. The summed E-state index contributed by atoms with van der Waals surface area (Å²) in [6, 6.07) is 10.3. The molecule has 0 bridgehead atoms. The van der Waals surface area contributed by atoms with Gasteiger partial charge in [0.15, 0.2) is 0 Å². The summed E-state index contributed by atoms with van der Waals surface area (Å²) < 4.78 is 7.58. The maximum atomic E-state index is 12.3. The number of nitrogens with zero attached hydrogens (tertiary/aromatic N) is 2. The van der Waals surface area contributed by atoms with E-state index in [2.05, 4.69) is 29.3 Å². The molecule has 0 aliphatic heterocycles. The molecule has 4 heteroatoms. The van der Waals surface area contributed by atoms with Crippen LogP contribution in [0.4, 0.5) is 4.79 Å². The van der Waals surface area contributed by atoms with Crippen LogP contribution >= 0.6 is 0 Å². The first-order valence-electron chi connectivity index (χ1n) is 7.44. The average Bonchev–Trinajstić information content (AvgIpc) is 2.74. The molecule has 1 heterocycles. The molecule has 1 aromatic heterocycles. The molecule has 0 N–H and O–H groups in total. The molecule has 4 nitrogen and oxygen atoms in total. The molecule has 22 heavy (non-hydrogen) atoms. The van der Waals surface area contributed by atoms with Crippen LogP contribution in [0, 0.1) is 0 Å². The van der Waals surface area contributed by atoms with Gasteiger partial charge in [-0.3, -0.25) is 4.90 Å². The molecule has 0 spiro atoms. The average molecular weight is 300 g/mol. The third kappa shape index (κ3) is 3.70. The highest BCUT2D eigenvalue weighted by atomic mass is 16.6. The Kier molecular flexibility index (Phi) is 4.59. The standard InChI is InChI=1S/C18H24N2O2/c1-6-11-20(17(21)22-18(2,3)4)13-15-12-14-9-7-8-10-16(14)19(15)5/h6-10,12H,1,11,13H2,2-5H3. The molecule has 1 amide bonds. The fourth-order valence-corrected chi connectivity index (χ4v) is 2.38. The van der Waals surface area contributed by atoms with E-state index in [0.717, 1.165) is 11.2 Å². The number of amides is 1. The smallest absolute Gasteiger partial charge is 0.410 e. The Morgan fingerprint density at radius 2 is 2.05 bits per heavy atom. The summed E-state index contributed by atoms with van der Waals surface area (Å²) >= 11 is 0. The quantitative estimate of drug-likeness (QED) is 0.797. The first-order valence-corrected chi connectivity index (χ1v) is 7.44. The van der Waals surface area contributed by atoms with Crippen molar-refractivity contribution < 1.29 is 9.53 Å². The molecule has 0 radical (unpaired) electrons. The predicted molar refractivity (Wildman–Crippen MR) is 89.8 cm³/mol. The summed E-state index contributed by atoms with van der Waals surface area (Å²) in [5, 5.41) is 1.17. The number of hydrogen-bond acceptors (Lipinski definition) is 2. The minimum Gasteiger partial charge on any atom is -0.444 e. The van der Waals surface area contributed by atoms with E-state index >= 15 is 0 Å². The van der Waals surface area contributed by atoms with E-state index in [1.165, 1.54) is 5.39 Å². The largest absolute Gasteiger partial charge is 0.444 e. The molecule has 0 aliphatic rings. The van der Waals surface area contributed by atoms with Gasteiger partial charge in [0.2, 0.25) is 0 Å². The van der Waals surface area contributed by atoms with Crippen LogP contribution in [0.3, 0.4) is 0 Å². The van der Waals surface area contributed by atoms with Crippen molar-refractivity contribution in [3.05, 3.63) is 48.7 Å². The lowest BCUT2D eigenvalue weighted by molar-refractivity contribution is 0.0253. The van der Waals surface area contributed by atoms with E-state index in [1.807, 2.05) is 40.0 Å². The topological polar surface area (TPSA) is 34.5 Å². The third-order valence-electron chi connectivity index (χ3n) is 3.41. The van der Waals surface area contributed by atoms with Gasteiger partial charge in [0.05, 0.1) is 6.54 Å². The van der Waals surface area contributed by atoms with E-state index in [1.54, 1.807) is 11.0 Å². The SMILES string of the molecule is C=CCN(Cc1cc2ccccc2n1C)C(=O)OC(C)(C)C. The number of rotatable bonds is 4. The maximum Gasteiger partial charge on any atom is 0.410 e. The Morgan fingerprint density at radius 1 is 1.36 bits per heavy atom. The molecule has 0 unspecified atom stereocenters. The molecule has 118 valence electrons. The summed E-state index contributed by atoms with van der Waals surface area (Å²) in [6.45, 7) is 10.3. The Labute approximate surface area is 132 Å². The van der Waals surface area contributed by atoms with Crippen molar-refractivity contribution in [2.24, 2.45) is 7.05 Å². The van der Waals surface area contributed by atoms with Crippen LogP contribution < -0.4 is 0 Å². The molecular weight excluding hydrogens is 276 g/mol. The van der Waals surface area contributed by atoms with Gasteiger partial charge in [-0.2, -0.15) is 0 Å². The van der Waals surface area contributed by atoms with Crippen molar-refractivity contribution >= 4 is 17.0 Å². The summed E-state index contributed by atoms with van der Waals surface area (Å²) in [5.41, 5.74) is 1.71. The van der Waals surface area contributed by atoms with E-state index < -0.39 is 5.60 Å². The highest BCUT2D eigenvalue weighted by Gasteiger charge is 2.22. The summed E-state index contributed by atoms with van der Waals surface area (Å²) in [5.74, 6) is 0. The highest BCUT2D eigenvalue weighted by molar-refractivity contribution is 5.81. The first-order chi connectivity index (χ1) is 10.3. The Hall–Kier alpha value is -2.23. The number of aromatic nitrogens is 1. The van der Waals surface area contributed by atoms with E-state index in [0.29, 0.717) is 13.1 Å². The lowest BCUT2D eigenvalue weighted by Gasteiger charge is -2.26. The van der Waals surface area contributed by atoms with Crippen LogP contribution in [-0.2, 0) is 18.3 Å². The molecule has 0 saturated carbocycles. The zero-order valence-electron chi connectivity index (χ0n) is 13.8. The molecule has 0 saturated heterocycles. The van der Waals surface area contributed by atoms with Crippen molar-refractivity contribution in [3.63, 3.8) is 0 Å². The lowest BCUT2D eigenvalue weighted by Crippen LogP contribution is -2.36. The molecule has 0 fully saturated rings. The fraction of sp³-hybridized carbons (Fsp3) is 0.389.